The van der Waals surface area contributed by atoms with Crippen molar-refractivity contribution in [2.75, 3.05) is 13.7 Å². The maximum Gasteiger partial charge on any atom is 0.303 e. The van der Waals surface area contributed by atoms with Gasteiger partial charge in [-0.15, -0.1) is 0 Å². The molecule has 116 valence electrons. The molecule has 1 aliphatic heterocycles. The first-order valence-electron chi connectivity index (χ1n) is 7.38. The number of benzene rings is 1. The van der Waals surface area contributed by atoms with E-state index in [2.05, 4.69) is 4.90 Å². The number of ether oxygens (including phenoxy) is 1. The summed E-state index contributed by atoms with van der Waals surface area (Å²) in [4.78, 5) is 13.2. The lowest BCUT2D eigenvalue weighted by molar-refractivity contribution is -0.137. The van der Waals surface area contributed by atoms with Crippen LogP contribution in [0.1, 0.15) is 37.7 Å². The number of nitrogens with zero attached hydrogens (tertiary/aromatic N) is 1. The number of carbonyl (C=O) groups is 1. The zero-order chi connectivity index (χ0) is 15.2. The Kier molecular flexibility index (Phi) is 5.88. The third kappa shape index (κ3) is 4.61. The van der Waals surface area contributed by atoms with Gasteiger partial charge in [-0.3, -0.25) is 9.69 Å². The highest BCUT2D eigenvalue weighted by atomic mass is 35.5. The van der Waals surface area contributed by atoms with Crippen molar-refractivity contribution in [3.63, 3.8) is 0 Å². The van der Waals surface area contributed by atoms with E-state index in [1.165, 1.54) is 12.8 Å². The molecule has 0 aromatic heterocycles. The standard InChI is InChI=1S/C16H22ClNO3/c1-21-15-7-5-12(10-14(15)17)11-18-9-3-2-4-13(18)6-8-16(19)20/h5,7,10,13H,2-4,6,8-9,11H2,1H3,(H,19,20)/t13-/m0/s1. The van der Waals surface area contributed by atoms with Gasteiger partial charge in [0, 0.05) is 19.0 Å². The van der Waals surface area contributed by atoms with E-state index in [0.29, 0.717) is 16.8 Å². The van der Waals surface area contributed by atoms with Crippen molar-refractivity contribution in [1.82, 2.24) is 4.90 Å². The first-order chi connectivity index (χ1) is 10.1. The van der Waals surface area contributed by atoms with Crippen LogP contribution in [0, 0.1) is 0 Å². The van der Waals surface area contributed by atoms with Crippen LogP contribution in [0.15, 0.2) is 18.2 Å². The predicted octanol–water partition coefficient (Wildman–Crippen LogP) is 3.57. The monoisotopic (exact) mass is 311 g/mol. The van der Waals surface area contributed by atoms with Crippen molar-refractivity contribution in [2.24, 2.45) is 0 Å². The zero-order valence-electron chi connectivity index (χ0n) is 12.3. The highest BCUT2D eigenvalue weighted by Gasteiger charge is 2.23. The molecule has 1 atom stereocenters. The highest BCUT2D eigenvalue weighted by Crippen LogP contribution is 2.28. The van der Waals surface area contributed by atoms with E-state index >= 15 is 0 Å². The summed E-state index contributed by atoms with van der Waals surface area (Å²) >= 11 is 6.17. The molecular formula is C16H22ClNO3. The number of carboxylic acid groups (broad SMARTS) is 1. The summed E-state index contributed by atoms with van der Waals surface area (Å²) < 4.78 is 5.17. The van der Waals surface area contributed by atoms with Crippen molar-refractivity contribution in [2.45, 2.75) is 44.7 Å². The molecule has 1 aliphatic rings. The second-order valence-electron chi connectivity index (χ2n) is 5.52. The molecule has 0 spiro atoms. The van der Waals surface area contributed by atoms with Crippen molar-refractivity contribution < 1.29 is 14.6 Å². The van der Waals surface area contributed by atoms with Gasteiger partial charge in [0.15, 0.2) is 0 Å². The Bertz CT molecular complexity index is 492. The Balaban J connectivity index is 2.01. The molecule has 0 amide bonds. The first-order valence-corrected chi connectivity index (χ1v) is 7.76. The lowest BCUT2D eigenvalue weighted by Gasteiger charge is -2.35. The van der Waals surface area contributed by atoms with E-state index in [9.17, 15) is 4.79 Å². The number of likely N-dealkylation sites (tertiary alicyclic amines) is 1. The van der Waals surface area contributed by atoms with E-state index in [1.54, 1.807) is 7.11 Å². The largest absolute Gasteiger partial charge is 0.495 e. The normalized spacial score (nSPS) is 19.4. The second kappa shape index (κ2) is 7.66. The molecule has 0 aliphatic carbocycles. The summed E-state index contributed by atoms with van der Waals surface area (Å²) in [5, 5.41) is 9.48. The molecule has 0 unspecified atom stereocenters. The van der Waals surface area contributed by atoms with Crippen LogP contribution in [0.25, 0.3) is 0 Å². The highest BCUT2D eigenvalue weighted by molar-refractivity contribution is 6.32. The number of hydrogen-bond acceptors (Lipinski definition) is 3. The minimum atomic E-state index is -0.715. The number of piperidine rings is 1. The summed E-state index contributed by atoms with van der Waals surface area (Å²) in [6.07, 6.45) is 4.40. The summed E-state index contributed by atoms with van der Waals surface area (Å²) in [6.45, 7) is 1.84. The van der Waals surface area contributed by atoms with Gasteiger partial charge in [0.1, 0.15) is 5.75 Å². The SMILES string of the molecule is COc1ccc(CN2CCCC[C@H]2CCC(=O)O)cc1Cl. The Morgan fingerprint density at radius 1 is 1.48 bits per heavy atom. The third-order valence-electron chi connectivity index (χ3n) is 4.04. The third-order valence-corrected chi connectivity index (χ3v) is 4.34. The van der Waals surface area contributed by atoms with Gasteiger partial charge in [-0.2, -0.15) is 0 Å². The Morgan fingerprint density at radius 3 is 2.95 bits per heavy atom. The number of rotatable bonds is 6. The average Bonchev–Trinajstić information content (AvgIpc) is 2.46. The quantitative estimate of drug-likeness (QED) is 0.872. The van der Waals surface area contributed by atoms with Crippen molar-refractivity contribution in [1.29, 1.82) is 0 Å². The molecular weight excluding hydrogens is 290 g/mol. The summed E-state index contributed by atoms with van der Waals surface area (Å²) in [5.41, 5.74) is 1.14. The fourth-order valence-electron chi connectivity index (χ4n) is 2.93. The van der Waals surface area contributed by atoms with E-state index < -0.39 is 5.97 Å². The molecule has 1 fully saturated rings. The van der Waals surface area contributed by atoms with Crippen LogP contribution in [0.2, 0.25) is 5.02 Å². The summed E-state index contributed by atoms with van der Waals surface area (Å²) in [7, 11) is 1.60. The van der Waals surface area contributed by atoms with Crippen LogP contribution < -0.4 is 4.74 Å². The van der Waals surface area contributed by atoms with E-state index in [-0.39, 0.29) is 6.42 Å². The Labute approximate surface area is 130 Å². The molecule has 1 saturated heterocycles. The summed E-state index contributed by atoms with van der Waals surface area (Å²) in [6, 6.07) is 6.20. The lowest BCUT2D eigenvalue weighted by Crippen LogP contribution is -2.39. The number of hydrogen-bond donors (Lipinski definition) is 1. The van der Waals surface area contributed by atoms with Crippen molar-refractivity contribution in [3.8, 4) is 5.75 Å². The van der Waals surface area contributed by atoms with E-state index in [0.717, 1.165) is 31.5 Å². The Hall–Kier alpha value is -1.26. The van der Waals surface area contributed by atoms with Gasteiger partial charge in [0.2, 0.25) is 0 Å². The molecule has 5 heteroatoms. The van der Waals surface area contributed by atoms with Crippen LogP contribution in [0.5, 0.6) is 5.75 Å². The Morgan fingerprint density at radius 2 is 2.29 bits per heavy atom. The smallest absolute Gasteiger partial charge is 0.303 e. The fraction of sp³-hybridized carbons (Fsp3) is 0.562. The van der Waals surface area contributed by atoms with Crippen LogP contribution in [-0.4, -0.2) is 35.7 Å². The van der Waals surface area contributed by atoms with Crippen LogP contribution in [0.3, 0.4) is 0 Å². The molecule has 4 nitrogen and oxygen atoms in total. The maximum atomic E-state index is 10.8. The second-order valence-corrected chi connectivity index (χ2v) is 5.93. The minimum absolute atomic E-state index is 0.241. The minimum Gasteiger partial charge on any atom is -0.495 e. The van der Waals surface area contributed by atoms with Gasteiger partial charge in [0.25, 0.3) is 0 Å². The predicted molar refractivity (Wildman–Crippen MR) is 82.9 cm³/mol. The lowest BCUT2D eigenvalue weighted by atomic mass is 9.97. The van der Waals surface area contributed by atoms with Crippen LogP contribution in [-0.2, 0) is 11.3 Å². The number of aliphatic carboxylic acids is 1. The van der Waals surface area contributed by atoms with Crippen LogP contribution in [0.4, 0.5) is 0 Å². The number of carboxylic acids is 1. The van der Waals surface area contributed by atoms with Crippen molar-refractivity contribution in [3.05, 3.63) is 28.8 Å². The van der Waals surface area contributed by atoms with E-state index in [4.69, 9.17) is 21.4 Å². The molecule has 1 aromatic carbocycles. The van der Waals surface area contributed by atoms with Gasteiger partial charge in [-0.25, -0.2) is 0 Å². The molecule has 2 rings (SSSR count). The molecule has 0 saturated carbocycles. The van der Waals surface area contributed by atoms with Crippen LogP contribution >= 0.6 is 11.6 Å². The van der Waals surface area contributed by atoms with Crippen molar-refractivity contribution >= 4 is 17.6 Å². The fourth-order valence-corrected chi connectivity index (χ4v) is 3.21. The summed E-state index contributed by atoms with van der Waals surface area (Å²) in [5.74, 6) is -0.0329. The molecule has 21 heavy (non-hydrogen) atoms. The van der Waals surface area contributed by atoms with Gasteiger partial charge in [0.05, 0.1) is 12.1 Å². The first kappa shape index (κ1) is 16.1. The average molecular weight is 312 g/mol. The van der Waals surface area contributed by atoms with Gasteiger partial charge < -0.3 is 9.84 Å². The van der Waals surface area contributed by atoms with Gasteiger partial charge in [-0.05, 0) is 43.5 Å². The molecule has 0 bridgehead atoms. The molecule has 1 heterocycles. The maximum absolute atomic E-state index is 10.8. The van der Waals surface area contributed by atoms with Gasteiger partial charge in [-0.1, -0.05) is 24.1 Å². The molecule has 0 radical (unpaired) electrons. The van der Waals surface area contributed by atoms with Gasteiger partial charge >= 0.3 is 5.97 Å². The zero-order valence-corrected chi connectivity index (χ0v) is 13.1. The topological polar surface area (TPSA) is 49.8 Å². The number of methoxy groups -OCH3 is 1. The number of halogens is 1. The van der Waals surface area contributed by atoms with E-state index in [1.807, 2.05) is 18.2 Å². The molecule has 1 aromatic rings. The molecule has 1 N–H and O–H groups in total.